The number of rotatable bonds is 4. The molecule has 2 aliphatic heterocycles. The van der Waals surface area contributed by atoms with Gasteiger partial charge in [0.25, 0.3) is 0 Å². The monoisotopic (exact) mass is 512 g/mol. The molecule has 1 saturated heterocycles. The normalized spacial score (nSPS) is 26.0. The molecule has 3 N–H and O–H groups in total. The first-order valence-corrected chi connectivity index (χ1v) is 13.6. The van der Waals surface area contributed by atoms with Crippen molar-refractivity contribution in [3.05, 3.63) is 95.8 Å². The second-order valence-corrected chi connectivity index (χ2v) is 10.7. The average Bonchev–Trinajstić information content (AvgIpc) is 3.40. The summed E-state index contributed by atoms with van der Waals surface area (Å²) >= 11 is 0. The molecule has 0 radical (unpaired) electrons. The van der Waals surface area contributed by atoms with E-state index in [4.69, 9.17) is 0 Å². The fraction of sp³-hybridized carbons (Fsp3) is 0.355. The number of nitrogens with one attached hydrogen (secondary N) is 3. The van der Waals surface area contributed by atoms with E-state index in [2.05, 4.69) is 57.2 Å². The van der Waals surface area contributed by atoms with Crippen molar-refractivity contribution in [2.75, 3.05) is 17.2 Å². The van der Waals surface area contributed by atoms with Crippen LogP contribution in [-0.2, 0) is 4.79 Å². The van der Waals surface area contributed by atoms with Crippen LogP contribution in [-0.4, -0.2) is 29.4 Å². The Balaban J connectivity index is 1.23. The number of halogens is 1. The zero-order valence-corrected chi connectivity index (χ0v) is 21.3. The zero-order valence-electron chi connectivity index (χ0n) is 21.3. The van der Waals surface area contributed by atoms with Gasteiger partial charge < -0.3 is 20.9 Å². The number of para-hydroxylation sites is 1. The van der Waals surface area contributed by atoms with Crippen molar-refractivity contribution < 1.29 is 14.0 Å². The van der Waals surface area contributed by atoms with E-state index in [1.54, 1.807) is 0 Å². The van der Waals surface area contributed by atoms with Crippen LogP contribution in [0.2, 0.25) is 0 Å². The van der Waals surface area contributed by atoms with Crippen LogP contribution in [0, 0.1) is 17.7 Å². The average molecular weight is 513 g/mol. The van der Waals surface area contributed by atoms with E-state index in [-0.39, 0.29) is 47.7 Å². The van der Waals surface area contributed by atoms with Crippen LogP contribution < -0.4 is 16.0 Å². The van der Waals surface area contributed by atoms with Crippen molar-refractivity contribution in [1.29, 1.82) is 0 Å². The Morgan fingerprint density at radius 3 is 2.42 bits per heavy atom. The number of likely N-dealkylation sites (tertiary alicyclic amines) is 1. The number of carbonyl (C=O) groups excluding carboxylic acids is 2. The van der Waals surface area contributed by atoms with Crippen LogP contribution in [0.3, 0.4) is 0 Å². The third-order valence-electron chi connectivity index (χ3n) is 8.41. The van der Waals surface area contributed by atoms with Gasteiger partial charge in [-0.05, 0) is 60.7 Å². The van der Waals surface area contributed by atoms with Crippen molar-refractivity contribution >= 4 is 23.3 Å². The van der Waals surface area contributed by atoms with E-state index in [9.17, 15) is 14.0 Å². The summed E-state index contributed by atoms with van der Waals surface area (Å²) in [5.74, 6) is -0.216. The smallest absolute Gasteiger partial charge is 0.319 e. The molecule has 0 bridgehead atoms. The minimum Gasteiger partial charge on any atom is -0.378 e. The van der Waals surface area contributed by atoms with Gasteiger partial charge in [0.15, 0.2) is 0 Å². The maximum absolute atomic E-state index is 14.2. The molecule has 38 heavy (non-hydrogen) atoms. The summed E-state index contributed by atoms with van der Waals surface area (Å²) in [6.45, 7) is 0.707. The third kappa shape index (κ3) is 4.73. The van der Waals surface area contributed by atoms with Gasteiger partial charge in [-0.3, -0.25) is 4.79 Å². The highest BCUT2D eigenvalue weighted by Crippen LogP contribution is 2.51. The number of benzene rings is 3. The van der Waals surface area contributed by atoms with Crippen LogP contribution in [0.5, 0.6) is 0 Å². The Hall–Kier alpha value is -3.87. The van der Waals surface area contributed by atoms with Gasteiger partial charge in [0, 0.05) is 29.9 Å². The lowest BCUT2D eigenvalue weighted by Gasteiger charge is -2.42. The van der Waals surface area contributed by atoms with E-state index < -0.39 is 0 Å². The first-order valence-electron chi connectivity index (χ1n) is 13.6. The van der Waals surface area contributed by atoms with Gasteiger partial charge in [0.2, 0.25) is 5.91 Å². The Bertz CT molecular complexity index is 1300. The van der Waals surface area contributed by atoms with Gasteiger partial charge in [-0.2, -0.15) is 0 Å². The Labute approximate surface area is 222 Å². The summed E-state index contributed by atoms with van der Waals surface area (Å²) in [6, 6.07) is 24.0. The van der Waals surface area contributed by atoms with E-state index in [0.29, 0.717) is 12.2 Å². The van der Waals surface area contributed by atoms with Crippen molar-refractivity contribution in [3.63, 3.8) is 0 Å². The standard InChI is InChI=1S/C31H33FN4O2/c32-21-14-16-22(17-15-21)33-31(38)35-27-13-7-5-11-24(27)30(37)36-19-18-25-28(20-8-2-1-3-9-20)34-26-12-6-4-10-23(26)29(25)36/h1-4,6,8-10,12,14-17,24-25,27-29,34H,5,7,11,13,18-19H2,(H2,33,35,38)/t24-,25+,27+,28-,29-/m0/s1. The Morgan fingerprint density at radius 2 is 1.61 bits per heavy atom. The van der Waals surface area contributed by atoms with Gasteiger partial charge in [-0.25, -0.2) is 9.18 Å². The van der Waals surface area contributed by atoms with Crippen molar-refractivity contribution in [2.24, 2.45) is 11.8 Å². The van der Waals surface area contributed by atoms with Gasteiger partial charge in [0.05, 0.1) is 18.0 Å². The summed E-state index contributed by atoms with van der Waals surface area (Å²) in [4.78, 5) is 29.1. The molecule has 6 rings (SSSR count). The topological polar surface area (TPSA) is 73.5 Å². The fourth-order valence-electron chi connectivity index (χ4n) is 6.64. The highest BCUT2D eigenvalue weighted by atomic mass is 19.1. The predicted molar refractivity (Wildman–Crippen MR) is 146 cm³/mol. The summed E-state index contributed by atoms with van der Waals surface area (Å²) in [6.07, 6.45) is 4.39. The van der Waals surface area contributed by atoms with Gasteiger partial charge in [-0.1, -0.05) is 61.4 Å². The predicted octanol–water partition coefficient (Wildman–Crippen LogP) is 6.26. The number of carbonyl (C=O) groups is 2. The van der Waals surface area contributed by atoms with Crippen LogP contribution in [0.25, 0.3) is 0 Å². The molecule has 2 fully saturated rings. The SMILES string of the molecule is O=C(Nc1ccc(F)cc1)N[C@@H]1CCCC[C@@H]1C(=O)N1CC[C@@H]2[C@H](c3ccccc3)Nc3ccccc3[C@@H]21. The quantitative estimate of drug-likeness (QED) is 0.386. The molecule has 0 spiro atoms. The van der Waals surface area contributed by atoms with Gasteiger partial charge in [-0.15, -0.1) is 0 Å². The van der Waals surface area contributed by atoms with Crippen LogP contribution >= 0.6 is 0 Å². The van der Waals surface area contributed by atoms with Gasteiger partial charge in [0.1, 0.15) is 5.82 Å². The number of amides is 3. The molecule has 0 unspecified atom stereocenters. The Kier molecular flexibility index (Phi) is 6.75. The maximum atomic E-state index is 14.2. The number of anilines is 2. The molecule has 3 aliphatic rings. The molecule has 6 nitrogen and oxygen atoms in total. The number of urea groups is 1. The summed E-state index contributed by atoms with van der Waals surface area (Å²) in [5.41, 5.74) is 4.01. The highest BCUT2D eigenvalue weighted by Gasteiger charge is 2.48. The number of nitrogens with zero attached hydrogens (tertiary/aromatic N) is 1. The van der Waals surface area contributed by atoms with Gasteiger partial charge >= 0.3 is 6.03 Å². The number of hydrogen-bond donors (Lipinski definition) is 3. The summed E-state index contributed by atoms with van der Waals surface area (Å²) in [7, 11) is 0. The molecule has 3 aromatic carbocycles. The van der Waals surface area contributed by atoms with Crippen LogP contribution in [0.4, 0.5) is 20.6 Å². The summed E-state index contributed by atoms with van der Waals surface area (Å²) in [5, 5.41) is 9.59. The highest BCUT2D eigenvalue weighted by molar-refractivity contribution is 5.90. The first kappa shape index (κ1) is 24.5. The molecular formula is C31H33FN4O2. The van der Waals surface area contributed by atoms with E-state index in [1.165, 1.54) is 35.4 Å². The van der Waals surface area contributed by atoms with E-state index in [1.807, 2.05) is 18.2 Å². The van der Waals surface area contributed by atoms with E-state index >= 15 is 0 Å². The molecule has 1 saturated carbocycles. The lowest BCUT2D eigenvalue weighted by atomic mass is 9.79. The fourth-order valence-corrected chi connectivity index (χ4v) is 6.64. The van der Waals surface area contributed by atoms with Crippen molar-refractivity contribution in [2.45, 2.75) is 50.2 Å². The maximum Gasteiger partial charge on any atom is 0.319 e. The summed E-state index contributed by atoms with van der Waals surface area (Å²) < 4.78 is 13.2. The van der Waals surface area contributed by atoms with Crippen LogP contribution in [0.15, 0.2) is 78.9 Å². The molecular weight excluding hydrogens is 479 g/mol. The minimum absolute atomic E-state index is 0.000717. The largest absolute Gasteiger partial charge is 0.378 e. The second-order valence-electron chi connectivity index (χ2n) is 10.7. The molecule has 7 heteroatoms. The minimum atomic E-state index is -0.364. The third-order valence-corrected chi connectivity index (χ3v) is 8.41. The van der Waals surface area contributed by atoms with E-state index in [0.717, 1.165) is 37.8 Å². The molecule has 196 valence electrons. The van der Waals surface area contributed by atoms with Crippen molar-refractivity contribution in [1.82, 2.24) is 10.2 Å². The number of fused-ring (bicyclic) bond motifs is 3. The second kappa shape index (κ2) is 10.5. The molecule has 1 aliphatic carbocycles. The zero-order chi connectivity index (χ0) is 26.1. The molecule has 5 atom stereocenters. The lowest BCUT2D eigenvalue weighted by molar-refractivity contribution is -0.138. The molecule has 2 heterocycles. The lowest BCUT2D eigenvalue weighted by Crippen LogP contribution is -2.51. The molecule has 3 aromatic rings. The molecule has 0 aromatic heterocycles. The first-order chi connectivity index (χ1) is 18.6. The Morgan fingerprint density at radius 1 is 0.868 bits per heavy atom. The molecule has 3 amide bonds. The number of hydrogen-bond acceptors (Lipinski definition) is 3. The van der Waals surface area contributed by atoms with Crippen molar-refractivity contribution in [3.8, 4) is 0 Å². The van der Waals surface area contributed by atoms with Crippen LogP contribution in [0.1, 0.15) is 55.3 Å².